The summed E-state index contributed by atoms with van der Waals surface area (Å²) in [4.78, 5) is 4.33. The molecule has 6 heteroatoms. The lowest BCUT2D eigenvalue weighted by Gasteiger charge is -2.23. The van der Waals surface area contributed by atoms with E-state index in [1.54, 1.807) is 0 Å². The number of hydrogen-bond donors (Lipinski definition) is 1. The molecule has 18 heavy (non-hydrogen) atoms. The van der Waals surface area contributed by atoms with Gasteiger partial charge in [-0.15, -0.1) is 5.10 Å². The quantitative estimate of drug-likeness (QED) is 0.848. The van der Waals surface area contributed by atoms with E-state index >= 15 is 0 Å². The summed E-state index contributed by atoms with van der Waals surface area (Å²) in [5.74, 6) is 0.739. The lowest BCUT2D eigenvalue weighted by molar-refractivity contribution is -0.0384. The van der Waals surface area contributed by atoms with Gasteiger partial charge in [0.15, 0.2) is 6.23 Å². The number of rotatable bonds is 5. The zero-order chi connectivity index (χ0) is 13.0. The van der Waals surface area contributed by atoms with Gasteiger partial charge in [0.25, 0.3) is 0 Å². The van der Waals surface area contributed by atoms with Crippen molar-refractivity contribution in [3.63, 3.8) is 0 Å². The van der Waals surface area contributed by atoms with E-state index in [1.807, 2.05) is 4.68 Å². The standard InChI is InChI=1S/C12H19BrN4O/c1-3-9(2)8-14-12-15-11(13)16-17(12)10-6-4-5-7-18-10/h10H,2-8H2,1H3,(H,14,15,16). The summed E-state index contributed by atoms with van der Waals surface area (Å²) in [7, 11) is 0. The van der Waals surface area contributed by atoms with Gasteiger partial charge in [-0.2, -0.15) is 4.98 Å². The Hall–Kier alpha value is -0.880. The van der Waals surface area contributed by atoms with Crippen LogP contribution < -0.4 is 5.32 Å². The van der Waals surface area contributed by atoms with Crippen LogP contribution in [-0.4, -0.2) is 27.9 Å². The van der Waals surface area contributed by atoms with E-state index in [0.29, 0.717) is 11.3 Å². The number of anilines is 1. The number of ether oxygens (including phenoxy) is 1. The van der Waals surface area contributed by atoms with Gasteiger partial charge in [0.2, 0.25) is 10.7 Å². The number of nitrogens with one attached hydrogen (secondary N) is 1. The summed E-state index contributed by atoms with van der Waals surface area (Å²) in [6, 6.07) is 0. The fourth-order valence-corrected chi connectivity index (χ4v) is 2.20. The second kappa shape index (κ2) is 6.33. The molecule has 1 aliphatic rings. The van der Waals surface area contributed by atoms with E-state index in [0.717, 1.165) is 37.4 Å². The Balaban J connectivity index is 2.06. The van der Waals surface area contributed by atoms with Crippen molar-refractivity contribution in [3.8, 4) is 0 Å². The minimum Gasteiger partial charge on any atom is -0.356 e. The summed E-state index contributed by atoms with van der Waals surface area (Å²) in [5, 5.41) is 7.61. The van der Waals surface area contributed by atoms with Gasteiger partial charge in [0, 0.05) is 13.2 Å². The second-order valence-electron chi connectivity index (χ2n) is 4.43. The fraction of sp³-hybridized carbons (Fsp3) is 0.667. The van der Waals surface area contributed by atoms with Gasteiger partial charge >= 0.3 is 0 Å². The molecule has 100 valence electrons. The molecular weight excluding hydrogens is 296 g/mol. The molecule has 0 amide bonds. The molecule has 1 aromatic rings. The number of hydrogen-bond acceptors (Lipinski definition) is 4. The predicted octanol–water partition coefficient (Wildman–Crippen LogP) is 3.12. The summed E-state index contributed by atoms with van der Waals surface area (Å²) in [5.41, 5.74) is 1.14. The molecule has 2 heterocycles. The fourth-order valence-electron chi connectivity index (χ4n) is 1.86. The molecule has 5 nitrogen and oxygen atoms in total. The van der Waals surface area contributed by atoms with Gasteiger partial charge in [-0.05, 0) is 41.6 Å². The van der Waals surface area contributed by atoms with Crippen LogP contribution in [0.3, 0.4) is 0 Å². The van der Waals surface area contributed by atoms with Crippen molar-refractivity contribution in [1.82, 2.24) is 14.8 Å². The van der Waals surface area contributed by atoms with Gasteiger partial charge in [0.05, 0.1) is 0 Å². The number of halogens is 1. The Morgan fingerprint density at radius 2 is 2.44 bits per heavy atom. The molecule has 0 spiro atoms. The average Bonchev–Trinajstić information content (AvgIpc) is 2.78. The molecule has 2 rings (SSSR count). The minimum atomic E-state index is -0.00468. The van der Waals surface area contributed by atoms with Crippen LogP contribution in [0.25, 0.3) is 0 Å². The van der Waals surface area contributed by atoms with Crippen molar-refractivity contribution in [2.45, 2.75) is 38.8 Å². The van der Waals surface area contributed by atoms with Gasteiger partial charge in [-0.1, -0.05) is 19.1 Å². The topological polar surface area (TPSA) is 52.0 Å². The van der Waals surface area contributed by atoms with E-state index in [2.05, 4.69) is 44.8 Å². The Bertz CT molecular complexity index is 412. The minimum absolute atomic E-state index is 0.00468. The van der Waals surface area contributed by atoms with E-state index in [9.17, 15) is 0 Å². The largest absolute Gasteiger partial charge is 0.356 e. The third-order valence-corrected chi connectivity index (χ3v) is 3.37. The zero-order valence-electron chi connectivity index (χ0n) is 10.7. The van der Waals surface area contributed by atoms with Crippen molar-refractivity contribution in [2.75, 3.05) is 18.5 Å². The molecule has 0 bridgehead atoms. The Kier molecular flexibility index (Phi) is 4.77. The van der Waals surface area contributed by atoms with Crippen molar-refractivity contribution in [2.24, 2.45) is 0 Å². The van der Waals surface area contributed by atoms with E-state index in [-0.39, 0.29) is 6.23 Å². The van der Waals surface area contributed by atoms with Gasteiger partial charge in [-0.25, -0.2) is 4.68 Å². The van der Waals surface area contributed by atoms with Gasteiger partial charge in [-0.3, -0.25) is 0 Å². The van der Waals surface area contributed by atoms with Crippen molar-refractivity contribution in [1.29, 1.82) is 0 Å². The van der Waals surface area contributed by atoms with Crippen molar-refractivity contribution in [3.05, 3.63) is 16.9 Å². The molecule has 0 aliphatic carbocycles. The lowest BCUT2D eigenvalue weighted by Crippen LogP contribution is -2.21. The first-order valence-corrected chi connectivity index (χ1v) is 7.14. The van der Waals surface area contributed by atoms with Gasteiger partial charge in [0.1, 0.15) is 0 Å². The maximum Gasteiger partial charge on any atom is 0.224 e. The Labute approximate surface area is 116 Å². The molecule has 1 aromatic heterocycles. The van der Waals surface area contributed by atoms with Crippen molar-refractivity contribution < 1.29 is 4.74 Å². The van der Waals surface area contributed by atoms with Crippen LogP contribution in [0.1, 0.15) is 38.8 Å². The summed E-state index contributed by atoms with van der Waals surface area (Å²) < 4.78 is 8.14. The molecule has 0 saturated carbocycles. The van der Waals surface area contributed by atoms with Crippen LogP contribution in [0.5, 0.6) is 0 Å². The Morgan fingerprint density at radius 1 is 1.61 bits per heavy atom. The van der Waals surface area contributed by atoms with Crippen LogP contribution >= 0.6 is 15.9 Å². The highest BCUT2D eigenvalue weighted by Gasteiger charge is 2.21. The molecule has 1 N–H and O–H groups in total. The SMILES string of the molecule is C=C(CC)CNc1nc(Br)nn1C1CCCCO1. The van der Waals surface area contributed by atoms with E-state index < -0.39 is 0 Å². The van der Waals surface area contributed by atoms with E-state index in [1.165, 1.54) is 6.42 Å². The van der Waals surface area contributed by atoms with Crippen LogP contribution in [-0.2, 0) is 4.74 Å². The maximum atomic E-state index is 5.73. The summed E-state index contributed by atoms with van der Waals surface area (Å²) in [6.07, 6.45) is 4.24. The first kappa shape index (κ1) is 13.5. The molecule has 1 aliphatic heterocycles. The molecule has 1 atom stereocenters. The number of aromatic nitrogens is 3. The number of nitrogens with zero attached hydrogens (tertiary/aromatic N) is 3. The molecule has 0 aromatic carbocycles. The molecule has 0 radical (unpaired) electrons. The zero-order valence-corrected chi connectivity index (χ0v) is 12.2. The van der Waals surface area contributed by atoms with Crippen LogP contribution in [0.15, 0.2) is 16.9 Å². The highest BCUT2D eigenvalue weighted by Crippen LogP contribution is 2.25. The summed E-state index contributed by atoms with van der Waals surface area (Å²) in [6.45, 7) is 7.58. The third kappa shape index (κ3) is 3.32. The van der Waals surface area contributed by atoms with Crippen LogP contribution in [0.4, 0.5) is 5.95 Å². The molecule has 1 fully saturated rings. The molecule has 1 unspecified atom stereocenters. The van der Waals surface area contributed by atoms with Gasteiger partial charge < -0.3 is 10.1 Å². The molecular formula is C12H19BrN4O. The lowest BCUT2D eigenvalue weighted by atomic mass is 10.2. The third-order valence-electron chi connectivity index (χ3n) is 3.03. The van der Waals surface area contributed by atoms with Crippen LogP contribution in [0, 0.1) is 0 Å². The average molecular weight is 315 g/mol. The second-order valence-corrected chi connectivity index (χ2v) is 5.14. The van der Waals surface area contributed by atoms with Crippen LogP contribution in [0.2, 0.25) is 0 Å². The normalized spacial score (nSPS) is 19.8. The van der Waals surface area contributed by atoms with E-state index in [4.69, 9.17) is 4.74 Å². The van der Waals surface area contributed by atoms with Crippen molar-refractivity contribution >= 4 is 21.9 Å². The monoisotopic (exact) mass is 314 g/mol. The highest BCUT2D eigenvalue weighted by molar-refractivity contribution is 9.10. The predicted molar refractivity (Wildman–Crippen MR) is 74.5 cm³/mol. The maximum absolute atomic E-state index is 5.73. The first-order valence-electron chi connectivity index (χ1n) is 6.35. The Morgan fingerprint density at radius 3 is 3.11 bits per heavy atom. The first-order chi connectivity index (χ1) is 8.70. The highest BCUT2D eigenvalue weighted by atomic mass is 79.9. The summed E-state index contributed by atoms with van der Waals surface area (Å²) >= 11 is 3.31. The smallest absolute Gasteiger partial charge is 0.224 e. The molecule has 1 saturated heterocycles.